The van der Waals surface area contributed by atoms with Gasteiger partial charge in [-0.05, 0) is 26.2 Å². The van der Waals surface area contributed by atoms with Crippen molar-refractivity contribution in [1.29, 1.82) is 0 Å². The highest BCUT2D eigenvalue weighted by atomic mass is 16.5. The Morgan fingerprint density at radius 3 is 2.55 bits per heavy atom. The van der Waals surface area contributed by atoms with Gasteiger partial charge < -0.3 is 4.74 Å². The Hall–Kier alpha value is -0.300. The molecule has 0 amide bonds. The van der Waals surface area contributed by atoms with E-state index in [-0.39, 0.29) is 5.60 Å². The fraction of sp³-hybridized carbons (Fsp3) is 0.800. The summed E-state index contributed by atoms with van der Waals surface area (Å²) in [5, 5.41) is 0. The van der Waals surface area contributed by atoms with Crippen molar-refractivity contribution >= 4 is 0 Å². The number of ether oxygens (including phenoxy) is 1. The minimum atomic E-state index is 0.134. The third kappa shape index (κ3) is 2.66. The van der Waals surface area contributed by atoms with E-state index in [1.54, 1.807) is 0 Å². The van der Waals surface area contributed by atoms with Crippen molar-refractivity contribution in [1.82, 2.24) is 0 Å². The minimum Gasteiger partial charge on any atom is -0.375 e. The summed E-state index contributed by atoms with van der Waals surface area (Å²) < 4.78 is 5.77. The van der Waals surface area contributed by atoms with Crippen molar-refractivity contribution in [2.24, 2.45) is 0 Å². The summed E-state index contributed by atoms with van der Waals surface area (Å²) in [7, 11) is 0. The summed E-state index contributed by atoms with van der Waals surface area (Å²) in [5.74, 6) is 0. The highest BCUT2D eigenvalue weighted by Gasteiger charge is 2.25. The summed E-state index contributed by atoms with van der Waals surface area (Å²) in [4.78, 5) is 0. The van der Waals surface area contributed by atoms with Crippen LogP contribution in [0.4, 0.5) is 0 Å². The molecule has 1 aliphatic rings. The Bertz CT molecular complexity index is 130. The average Bonchev–Trinajstić information content (AvgIpc) is 2.38. The lowest BCUT2D eigenvalue weighted by atomic mass is 10.0. The van der Waals surface area contributed by atoms with Gasteiger partial charge in [0.2, 0.25) is 0 Å². The van der Waals surface area contributed by atoms with Crippen molar-refractivity contribution in [3.05, 3.63) is 12.2 Å². The second-order valence-corrected chi connectivity index (χ2v) is 3.53. The molecule has 11 heavy (non-hydrogen) atoms. The molecule has 0 saturated heterocycles. The fourth-order valence-corrected chi connectivity index (χ4v) is 1.33. The Kier molecular flexibility index (Phi) is 3.13. The van der Waals surface area contributed by atoms with Crippen LogP contribution in [0.3, 0.4) is 0 Å². The van der Waals surface area contributed by atoms with Gasteiger partial charge in [0.25, 0.3) is 0 Å². The van der Waals surface area contributed by atoms with Crippen molar-refractivity contribution in [3.8, 4) is 0 Å². The Labute approximate surface area is 69.4 Å². The van der Waals surface area contributed by atoms with Gasteiger partial charge in [0.05, 0.1) is 5.60 Å². The van der Waals surface area contributed by atoms with Crippen LogP contribution in [-0.4, -0.2) is 12.2 Å². The molecule has 0 bridgehead atoms. The van der Waals surface area contributed by atoms with Crippen molar-refractivity contribution < 1.29 is 4.74 Å². The first-order chi connectivity index (χ1) is 5.27. The lowest BCUT2D eigenvalue weighted by molar-refractivity contribution is -0.0229. The topological polar surface area (TPSA) is 9.23 Å². The van der Waals surface area contributed by atoms with Gasteiger partial charge >= 0.3 is 0 Å². The second kappa shape index (κ2) is 3.91. The Morgan fingerprint density at radius 2 is 2.00 bits per heavy atom. The molecule has 1 nitrogen and oxygen atoms in total. The molecule has 0 aliphatic heterocycles. The SMILES string of the molecule is CCCCOC1(C)CC=CC1. The summed E-state index contributed by atoms with van der Waals surface area (Å²) in [6, 6.07) is 0. The highest BCUT2D eigenvalue weighted by Crippen LogP contribution is 2.26. The van der Waals surface area contributed by atoms with Crippen LogP contribution in [0.2, 0.25) is 0 Å². The molecule has 0 unspecified atom stereocenters. The monoisotopic (exact) mass is 154 g/mol. The van der Waals surface area contributed by atoms with E-state index in [1.165, 1.54) is 12.8 Å². The molecular formula is C10H18O. The smallest absolute Gasteiger partial charge is 0.0723 e. The van der Waals surface area contributed by atoms with Crippen molar-refractivity contribution in [2.45, 2.75) is 45.1 Å². The first-order valence-electron chi connectivity index (χ1n) is 4.56. The van der Waals surface area contributed by atoms with E-state index in [9.17, 15) is 0 Å². The lowest BCUT2D eigenvalue weighted by Gasteiger charge is -2.24. The van der Waals surface area contributed by atoms with Crippen LogP contribution < -0.4 is 0 Å². The van der Waals surface area contributed by atoms with E-state index in [2.05, 4.69) is 26.0 Å². The van der Waals surface area contributed by atoms with Gasteiger partial charge in [-0.3, -0.25) is 0 Å². The quantitative estimate of drug-likeness (QED) is 0.447. The molecule has 1 heteroatoms. The molecule has 0 saturated carbocycles. The fourth-order valence-electron chi connectivity index (χ4n) is 1.33. The van der Waals surface area contributed by atoms with Crippen LogP contribution in [-0.2, 0) is 4.74 Å². The van der Waals surface area contributed by atoms with Gasteiger partial charge in [-0.2, -0.15) is 0 Å². The van der Waals surface area contributed by atoms with Crippen LogP contribution in [0.1, 0.15) is 39.5 Å². The zero-order valence-electron chi connectivity index (χ0n) is 7.60. The van der Waals surface area contributed by atoms with E-state index in [0.717, 1.165) is 19.4 Å². The van der Waals surface area contributed by atoms with E-state index < -0.39 is 0 Å². The van der Waals surface area contributed by atoms with Gasteiger partial charge in [-0.15, -0.1) is 0 Å². The van der Waals surface area contributed by atoms with E-state index in [1.807, 2.05) is 0 Å². The van der Waals surface area contributed by atoms with Gasteiger partial charge in [-0.1, -0.05) is 25.5 Å². The molecule has 1 aliphatic carbocycles. The molecule has 0 aromatic heterocycles. The molecule has 0 atom stereocenters. The summed E-state index contributed by atoms with van der Waals surface area (Å²) in [6.07, 6.45) is 9.03. The van der Waals surface area contributed by atoms with Crippen LogP contribution in [0, 0.1) is 0 Å². The molecule has 0 aromatic rings. The zero-order chi connectivity index (χ0) is 8.16. The Morgan fingerprint density at radius 1 is 1.36 bits per heavy atom. The van der Waals surface area contributed by atoms with Gasteiger partial charge in [0.15, 0.2) is 0 Å². The third-order valence-corrected chi connectivity index (χ3v) is 2.21. The lowest BCUT2D eigenvalue weighted by Crippen LogP contribution is -2.25. The zero-order valence-corrected chi connectivity index (χ0v) is 7.60. The normalized spacial score (nSPS) is 20.9. The summed E-state index contributed by atoms with van der Waals surface area (Å²) >= 11 is 0. The van der Waals surface area contributed by atoms with Gasteiger partial charge in [0.1, 0.15) is 0 Å². The van der Waals surface area contributed by atoms with Crippen LogP contribution >= 0.6 is 0 Å². The number of rotatable bonds is 4. The van der Waals surface area contributed by atoms with Crippen molar-refractivity contribution in [3.63, 3.8) is 0 Å². The van der Waals surface area contributed by atoms with Crippen LogP contribution in [0.25, 0.3) is 0 Å². The molecule has 0 radical (unpaired) electrons. The first-order valence-corrected chi connectivity index (χ1v) is 4.56. The number of hydrogen-bond donors (Lipinski definition) is 0. The molecule has 0 N–H and O–H groups in total. The maximum Gasteiger partial charge on any atom is 0.0723 e. The number of unbranched alkanes of at least 4 members (excludes halogenated alkanes) is 1. The third-order valence-electron chi connectivity index (χ3n) is 2.21. The molecule has 0 heterocycles. The largest absolute Gasteiger partial charge is 0.375 e. The molecule has 0 spiro atoms. The molecule has 64 valence electrons. The predicted octanol–water partition coefficient (Wildman–Crippen LogP) is 2.91. The average molecular weight is 154 g/mol. The molecular weight excluding hydrogens is 136 g/mol. The molecule has 0 fully saturated rings. The maximum atomic E-state index is 5.77. The highest BCUT2D eigenvalue weighted by molar-refractivity contribution is 5.02. The first kappa shape index (κ1) is 8.79. The summed E-state index contributed by atoms with van der Waals surface area (Å²) in [6.45, 7) is 5.32. The van der Waals surface area contributed by atoms with E-state index in [4.69, 9.17) is 4.74 Å². The van der Waals surface area contributed by atoms with Crippen molar-refractivity contribution in [2.75, 3.05) is 6.61 Å². The van der Waals surface area contributed by atoms with Crippen LogP contribution in [0.15, 0.2) is 12.2 Å². The summed E-state index contributed by atoms with van der Waals surface area (Å²) in [5.41, 5.74) is 0.134. The van der Waals surface area contributed by atoms with E-state index in [0.29, 0.717) is 0 Å². The van der Waals surface area contributed by atoms with Gasteiger partial charge in [-0.25, -0.2) is 0 Å². The molecule has 1 rings (SSSR count). The number of hydrogen-bond acceptors (Lipinski definition) is 1. The standard InChI is InChI=1S/C10H18O/c1-3-4-9-11-10(2)7-5-6-8-10/h5-6H,3-4,7-9H2,1-2H3. The second-order valence-electron chi connectivity index (χ2n) is 3.53. The predicted molar refractivity (Wildman–Crippen MR) is 47.6 cm³/mol. The molecule has 0 aromatic carbocycles. The van der Waals surface area contributed by atoms with E-state index >= 15 is 0 Å². The maximum absolute atomic E-state index is 5.77. The van der Waals surface area contributed by atoms with Crippen LogP contribution in [0.5, 0.6) is 0 Å². The Balaban J connectivity index is 2.14. The minimum absolute atomic E-state index is 0.134. The van der Waals surface area contributed by atoms with Gasteiger partial charge in [0, 0.05) is 6.61 Å².